The van der Waals surface area contributed by atoms with Crippen molar-refractivity contribution >= 4 is 5.78 Å². The topological polar surface area (TPSA) is 29.5 Å². The number of ether oxygens (including phenoxy) is 1. The normalized spacial score (nSPS) is 19.3. The van der Waals surface area contributed by atoms with Crippen molar-refractivity contribution in [1.29, 1.82) is 0 Å². The van der Waals surface area contributed by atoms with Crippen LogP contribution < -0.4 is 0 Å². The summed E-state index contributed by atoms with van der Waals surface area (Å²) in [6.45, 7) is 2.82. The fourth-order valence-corrected chi connectivity index (χ4v) is 2.23. The molecular weight excluding hydrogens is 226 g/mol. The van der Waals surface area contributed by atoms with Crippen LogP contribution in [-0.4, -0.2) is 44.0 Å². The van der Waals surface area contributed by atoms with Crippen LogP contribution >= 0.6 is 0 Å². The van der Waals surface area contributed by atoms with Crippen LogP contribution in [0.2, 0.25) is 0 Å². The first-order chi connectivity index (χ1) is 8.75. The second-order valence-corrected chi connectivity index (χ2v) is 5.00. The van der Waals surface area contributed by atoms with Gasteiger partial charge in [-0.05, 0) is 25.5 Å². The van der Waals surface area contributed by atoms with Crippen LogP contribution in [0.25, 0.3) is 0 Å². The van der Waals surface area contributed by atoms with E-state index < -0.39 is 0 Å². The van der Waals surface area contributed by atoms with Gasteiger partial charge in [-0.25, -0.2) is 0 Å². The van der Waals surface area contributed by atoms with Gasteiger partial charge in [-0.3, -0.25) is 9.69 Å². The van der Waals surface area contributed by atoms with Gasteiger partial charge in [0.15, 0.2) is 5.78 Å². The Bertz CT molecular complexity index is 371. The highest BCUT2D eigenvalue weighted by Gasteiger charge is 2.23. The summed E-state index contributed by atoms with van der Waals surface area (Å²) in [5.41, 5.74) is 1.32. The quantitative estimate of drug-likeness (QED) is 0.767. The summed E-state index contributed by atoms with van der Waals surface area (Å²) in [5, 5.41) is 0. The smallest absolute Gasteiger partial charge is 0.152 e. The van der Waals surface area contributed by atoms with Crippen molar-refractivity contribution in [2.45, 2.75) is 12.8 Å². The molecule has 1 aliphatic heterocycles. The van der Waals surface area contributed by atoms with Crippen LogP contribution in [0.3, 0.4) is 0 Å². The van der Waals surface area contributed by atoms with Crippen LogP contribution in [0.1, 0.15) is 12.0 Å². The van der Waals surface area contributed by atoms with Gasteiger partial charge < -0.3 is 4.74 Å². The maximum absolute atomic E-state index is 11.9. The van der Waals surface area contributed by atoms with Gasteiger partial charge in [0, 0.05) is 19.1 Å². The lowest BCUT2D eigenvalue weighted by Crippen LogP contribution is -2.32. The zero-order valence-electron chi connectivity index (χ0n) is 11.0. The maximum atomic E-state index is 11.9. The molecule has 1 fully saturated rings. The zero-order chi connectivity index (χ0) is 12.8. The molecule has 2 rings (SSSR count). The third-order valence-corrected chi connectivity index (χ3v) is 3.44. The zero-order valence-corrected chi connectivity index (χ0v) is 11.0. The number of rotatable bonds is 6. The lowest BCUT2D eigenvalue weighted by molar-refractivity contribution is -0.123. The molecular formula is C15H21NO2. The van der Waals surface area contributed by atoms with E-state index in [0.717, 1.165) is 26.0 Å². The minimum atomic E-state index is 0.129. The van der Waals surface area contributed by atoms with Crippen molar-refractivity contribution in [1.82, 2.24) is 4.90 Å². The van der Waals surface area contributed by atoms with Crippen molar-refractivity contribution in [3.8, 4) is 0 Å². The molecule has 1 unspecified atom stereocenters. The largest absolute Gasteiger partial charge is 0.381 e. The molecule has 0 radical (unpaired) electrons. The lowest BCUT2D eigenvalue weighted by atomic mass is 10.0. The Labute approximate surface area is 109 Å². The molecule has 3 heteroatoms. The number of carbonyl (C=O) groups is 1. The van der Waals surface area contributed by atoms with Crippen molar-refractivity contribution in [2.24, 2.45) is 5.92 Å². The highest BCUT2D eigenvalue weighted by molar-refractivity contribution is 5.83. The first kappa shape index (κ1) is 13.2. The number of benzene rings is 1. The average molecular weight is 247 g/mol. The highest BCUT2D eigenvalue weighted by atomic mass is 16.5. The molecule has 1 aliphatic rings. The van der Waals surface area contributed by atoms with E-state index in [2.05, 4.69) is 29.2 Å². The van der Waals surface area contributed by atoms with Gasteiger partial charge in [0.2, 0.25) is 0 Å². The summed E-state index contributed by atoms with van der Waals surface area (Å²) in [5.74, 6) is 0.451. The summed E-state index contributed by atoms with van der Waals surface area (Å²) in [6.07, 6.45) is 1.89. The van der Waals surface area contributed by atoms with Crippen LogP contribution in [0.15, 0.2) is 30.3 Å². The molecule has 0 saturated carbocycles. The summed E-state index contributed by atoms with van der Waals surface area (Å²) < 4.78 is 5.25. The summed E-state index contributed by atoms with van der Waals surface area (Å²) in [6, 6.07) is 10.4. The van der Waals surface area contributed by atoms with E-state index in [0.29, 0.717) is 18.9 Å². The lowest BCUT2D eigenvalue weighted by Gasteiger charge is -2.17. The standard InChI is InChI=1S/C15H21NO2/c1-16(9-7-13-5-3-2-4-6-13)11-15(17)14-8-10-18-12-14/h2-6,14H,7-12H2,1H3. The molecule has 0 bridgehead atoms. The second kappa shape index (κ2) is 6.66. The molecule has 3 nitrogen and oxygen atoms in total. The molecule has 0 amide bonds. The first-order valence-electron chi connectivity index (χ1n) is 6.58. The van der Waals surface area contributed by atoms with Crippen LogP contribution in [-0.2, 0) is 16.0 Å². The Balaban J connectivity index is 1.71. The predicted octanol–water partition coefficient (Wildman–Crippen LogP) is 1.77. The van der Waals surface area contributed by atoms with Crippen molar-refractivity contribution in [2.75, 3.05) is 33.4 Å². The van der Waals surface area contributed by atoms with Gasteiger partial charge >= 0.3 is 0 Å². The van der Waals surface area contributed by atoms with Crippen LogP contribution in [0, 0.1) is 5.92 Å². The average Bonchev–Trinajstić information content (AvgIpc) is 2.91. The Morgan fingerprint density at radius 3 is 2.83 bits per heavy atom. The highest BCUT2D eigenvalue weighted by Crippen LogP contribution is 2.13. The van der Waals surface area contributed by atoms with Crippen molar-refractivity contribution in [3.05, 3.63) is 35.9 Å². The number of ketones is 1. The van der Waals surface area contributed by atoms with Gasteiger partial charge in [0.05, 0.1) is 13.2 Å². The summed E-state index contributed by atoms with van der Waals surface area (Å²) in [4.78, 5) is 14.1. The van der Waals surface area contributed by atoms with E-state index in [1.165, 1.54) is 5.56 Å². The molecule has 1 aromatic carbocycles. The molecule has 1 atom stereocenters. The van der Waals surface area contributed by atoms with Crippen LogP contribution in [0.4, 0.5) is 0 Å². The molecule has 0 spiro atoms. The summed E-state index contributed by atoms with van der Waals surface area (Å²) in [7, 11) is 2.01. The third-order valence-electron chi connectivity index (χ3n) is 3.44. The van der Waals surface area contributed by atoms with E-state index in [-0.39, 0.29) is 5.92 Å². The van der Waals surface area contributed by atoms with E-state index >= 15 is 0 Å². The van der Waals surface area contributed by atoms with Crippen molar-refractivity contribution in [3.63, 3.8) is 0 Å². The molecule has 18 heavy (non-hydrogen) atoms. The number of nitrogens with zero attached hydrogens (tertiary/aromatic N) is 1. The number of likely N-dealkylation sites (N-methyl/N-ethyl adjacent to an activating group) is 1. The Morgan fingerprint density at radius 1 is 1.39 bits per heavy atom. The van der Waals surface area contributed by atoms with Crippen molar-refractivity contribution < 1.29 is 9.53 Å². The number of carbonyl (C=O) groups excluding carboxylic acids is 1. The minimum absolute atomic E-state index is 0.129. The molecule has 0 aliphatic carbocycles. The van der Waals surface area contributed by atoms with E-state index in [1.54, 1.807) is 0 Å². The predicted molar refractivity (Wildman–Crippen MR) is 71.6 cm³/mol. The van der Waals surface area contributed by atoms with E-state index in [4.69, 9.17) is 4.74 Å². The minimum Gasteiger partial charge on any atom is -0.381 e. The fourth-order valence-electron chi connectivity index (χ4n) is 2.23. The second-order valence-electron chi connectivity index (χ2n) is 5.00. The fraction of sp³-hybridized carbons (Fsp3) is 0.533. The maximum Gasteiger partial charge on any atom is 0.152 e. The number of Topliss-reactive ketones (excluding diaryl/α,β-unsaturated/α-hetero) is 1. The molecule has 1 aromatic rings. The third kappa shape index (κ3) is 3.93. The van der Waals surface area contributed by atoms with Gasteiger partial charge in [-0.2, -0.15) is 0 Å². The molecule has 0 N–H and O–H groups in total. The monoisotopic (exact) mass is 247 g/mol. The van der Waals surface area contributed by atoms with Gasteiger partial charge in [0.1, 0.15) is 0 Å². The SMILES string of the molecule is CN(CCc1ccccc1)CC(=O)C1CCOC1. The van der Waals surface area contributed by atoms with Gasteiger partial charge in [-0.1, -0.05) is 30.3 Å². The Hall–Kier alpha value is -1.19. The Morgan fingerprint density at radius 2 is 2.17 bits per heavy atom. The molecule has 98 valence electrons. The van der Waals surface area contributed by atoms with E-state index in [1.807, 2.05) is 13.1 Å². The molecule has 0 aromatic heterocycles. The van der Waals surface area contributed by atoms with Gasteiger partial charge in [0.25, 0.3) is 0 Å². The molecule has 1 saturated heterocycles. The van der Waals surface area contributed by atoms with Crippen LogP contribution in [0.5, 0.6) is 0 Å². The Kier molecular flexibility index (Phi) is 4.90. The first-order valence-corrected chi connectivity index (χ1v) is 6.58. The van der Waals surface area contributed by atoms with E-state index in [9.17, 15) is 4.79 Å². The number of hydrogen-bond donors (Lipinski definition) is 0. The number of hydrogen-bond acceptors (Lipinski definition) is 3. The molecule has 1 heterocycles. The van der Waals surface area contributed by atoms with Gasteiger partial charge in [-0.15, -0.1) is 0 Å². The summed E-state index contributed by atoms with van der Waals surface area (Å²) >= 11 is 0.